The highest BCUT2D eigenvalue weighted by molar-refractivity contribution is 5.40. The van der Waals surface area contributed by atoms with Crippen molar-refractivity contribution in [1.29, 1.82) is 0 Å². The summed E-state index contributed by atoms with van der Waals surface area (Å²) in [6.45, 7) is 0.585. The third-order valence-corrected chi connectivity index (χ3v) is 4.31. The number of aryl methyl sites for hydroxylation is 1. The molecule has 0 unspecified atom stereocenters. The lowest BCUT2D eigenvalue weighted by Crippen LogP contribution is -2.05. The van der Waals surface area contributed by atoms with Gasteiger partial charge in [0, 0.05) is 12.1 Å². The van der Waals surface area contributed by atoms with E-state index in [1.807, 2.05) is 18.6 Å². The lowest BCUT2D eigenvalue weighted by molar-refractivity contribution is 0.294. The number of nitrogens with two attached hydrogens (primary N) is 1. The minimum Gasteiger partial charge on any atom is -0.487 e. The molecule has 1 saturated carbocycles. The van der Waals surface area contributed by atoms with Crippen LogP contribution in [0.15, 0.2) is 30.7 Å². The maximum Gasteiger partial charge on any atom is 0.130 e. The zero-order valence-electron chi connectivity index (χ0n) is 11.5. The van der Waals surface area contributed by atoms with Gasteiger partial charge in [-0.05, 0) is 48.9 Å². The highest BCUT2D eigenvalue weighted by atomic mass is 16.5. The van der Waals surface area contributed by atoms with Crippen LogP contribution >= 0.6 is 0 Å². The van der Waals surface area contributed by atoms with Crippen molar-refractivity contribution >= 4 is 0 Å². The van der Waals surface area contributed by atoms with Crippen LogP contribution in [0, 0.1) is 0 Å². The molecule has 2 aliphatic rings. The molecule has 1 aromatic carbocycles. The molecule has 1 atom stereocenters. The Morgan fingerprint density at radius 1 is 1.30 bits per heavy atom. The van der Waals surface area contributed by atoms with Crippen LogP contribution in [0.2, 0.25) is 0 Å². The Morgan fingerprint density at radius 2 is 2.20 bits per heavy atom. The van der Waals surface area contributed by atoms with E-state index in [9.17, 15) is 0 Å². The fraction of sp³-hybridized carbons (Fsp3) is 0.438. The summed E-state index contributed by atoms with van der Waals surface area (Å²) < 4.78 is 8.17. The number of ether oxygens (including phenoxy) is 1. The Labute approximate surface area is 118 Å². The first kappa shape index (κ1) is 12.0. The Morgan fingerprint density at radius 3 is 3.05 bits per heavy atom. The maximum absolute atomic E-state index is 6.06. The van der Waals surface area contributed by atoms with E-state index >= 15 is 0 Å². The summed E-state index contributed by atoms with van der Waals surface area (Å²) in [4.78, 5) is 4.23. The number of imidazole rings is 1. The molecule has 0 radical (unpaired) electrons. The van der Waals surface area contributed by atoms with Crippen molar-refractivity contribution in [3.8, 4) is 5.75 Å². The zero-order valence-corrected chi connectivity index (χ0v) is 11.5. The SMILES string of the molecule is N[C@@H]1CCc2cc(OCc3cncn3C3CC3)ccc21. The van der Waals surface area contributed by atoms with Gasteiger partial charge in [-0.15, -0.1) is 0 Å². The lowest BCUT2D eigenvalue weighted by Gasteiger charge is -2.11. The van der Waals surface area contributed by atoms with Crippen molar-refractivity contribution < 1.29 is 4.74 Å². The highest BCUT2D eigenvalue weighted by Gasteiger charge is 2.25. The van der Waals surface area contributed by atoms with Gasteiger partial charge in [0.15, 0.2) is 0 Å². The highest BCUT2D eigenvalue weighted by Crippen LogP contribution is 2.36. The molecule has 1 heterocycles. The van der Waals surface area contributed by atoms with Crippen molar-refractivity contribution in [2.45, 2.75) is 44.4 Å². The molecule has 0 bridgehead atoms. The standard InChI is InChI=1S/C16H19N3O/c17-16-6-1-11-7-14(4-5-15(11)16)20-9-13-8-18-10-19(13)12-2-3-12/h4-5,7-8,10,12,16H,1-3,6,9,17H2/t16-/m1/s1. The molecular formula is C16H19N3O. The van der Waals surface area contributed by atoms with Crippen molar-refractivity contribution in [3.05, 3.63) is 47.5 Å². The molecule has 2 N–H and O–H groups in total. The molecule has 20 heavy (non-hydrogen) atoms. The smallest absolute Gasteiger partial charge is 0.130 e. The second kappa shape index (κ2) is 4.63. The number of hydrogen-bond donors (Lipinski definition) is 1. The van der Waals surface area contributed by atoms with Gasteiger partial charge < -0.3 is 15.0 Å². The zero-order chi connectivity index (χ0) is 13.5. The summed E-state index contributed by atoms with van der Waals surface area (Å²) in [7, 11) is 0. The topological polar surface area (TPSA) is 53.1 Å². The monoisotopic (exact) mass is 269 g/mol. The van der Waals surface area contributed by atoms with Gasteiger partial charge in [-0.3, -0.25) is 0 Å². The third kappa shape index (κ3) is 2.10. The van der Waals surface area contributed by atoms with Gasteiger partial charge >= 0.3 is 0 Å². The van der Waals surface area contributed by atoms with Gasteiger partial charge in [-0.25, -0.2) is 4.98 Å². The van der Waals surface area contributed by atoms with Crippen molar-refractivity contribution in [3.63, 3.8) is 0 Å². The largest absolute Gasteiger partial charge is 0.487 e. The molecule has 4 nitrogen and oxygen atoms in total. The first-order valence-electron chi connectivity index (χ1n) is 7.33. The molecule has 0 saturated heterocycles. The summed E-state index contributed by atoms with van der Waals surface area (Å²) in [5.41, 5.74) is 9.83. The molecule has 4 heteroatoms. The first-order valence-corrected chi connectivity index (χ1v) is 7.33. The van der Waals surface area contributed by atoms with Gasteiger partial charge in [0.2, 0.25) is 0 Å². The predicted octanol–water partition coefficient (Wildman–Crippen LogP) is 2.74. The Bertz CT molecular complexity index is 630. The van der Waals surface area contributed by atoms with Crippen LogP contribution in [0.5, 0.6) is 5.75 Å². The quantitative estimate of drug-likeness (QED) is 0.928. The summed E-state index contributed by atoms with van der Waals surface area (Å²) in [5.74, 6) is 0.932. The second-order valence-electron chi connectivity index (χ2n) is 5.82. The number of aromatic nitrogens is 2. The van der Waals surface area contributed by atoms with E-state index < -0.39 is 0 Å². The van der Waals surface area contributed by atoms with E-state index in [0.29, 0.717) is 12.6 Å². The van der Waals surface area contributed by atoms with E-state index in [1.54, 1.807) is 0 Å². The molecule has 104 valence electrons. The molecule has 1 fully saturated rings. The number of rotatable bonds is 4. The van der Waals surface area contributed by atoms with E-state index in [2.05, 4.69) is 21.7 Å². The maximum atomic E-state index is 6.06. The van der Waals surface area contributed by atoms with Crippen LogP contribution in [0.1, 0.15) is 48.2 Å². The molecule has 0 spiro atoms. The molecular weight excluding hydrogens is 250 g/mol. The molecule has 2 aliphatic carbocycles. The summed E-state index contributed by atoms with van der Waals surface area (Å²) in [5, 5.41) is 0. The average Bonchev–Trinajstić information content (AvgIpc) is 3.09. The molecule has 2 aromatic rings. The Hall–Kier alpha value is -1.81. The second-order valence-corrected chi connectivity index (χ2v) is 5.82. The molecule has 0 amide bonds. The van der Waals surface area contributed by atoms with E-state index in [-0.39, 0.29) is 6.04 Å². The Kier molecular flexibility index (Phi) is 2.77. The Balaban J connectivity index is 1.48. The van der Waals surface area contributed by atoms with Crippen molar-refractivity contribution in [1.82, 2.24) is 9.55 Å². The van der Waals surface area contributed by atoms with Crippen LogP contribution in [-0.2, 0) is 13.0 Å². The van der Waals surface area contributed by atoms with Crippen LogP contribution in [0.3, 0.4) is 0 Å². The fourth-order valence-electron chi connectivity index (χ4n) is 3.00. The average molecular weight is 269 g/mol. The minimum atomic E-state index is 0.204. The minimum absolute atomic E-state index is 0.204. The summed E-state index contributed by atoms with van der Waals surface area (Å²) in [6.07, 6.45) is 8.46. The van der Waals surface area contributed by atoms with Crippen LogP contribution < -0.4 is 10.5 Å². The normalized spacial score (nSPS) is 20.9. The summed E-state index contributed by atoms with van der Waals surface area (Å²) >= 11 is 0. The van der Waals surface area contributed by atoms with E-state index in [0.717, 1.165) is 24.3 Å². The lowest BCUT2D eigenvalue weighted by atomic mass is 10.1. The van der Waals surface area contributed by atoms with Gasteiger partial charge in [-0.2, -0.15) is 0 Å². The van der Waals surface area contributed by atoms with E-state index in [4.69, 9.17) is 10.5 Å². The summed E-state index contributed by atoms with van der Waals surface area (Å²) in [6, 6.07) is 7.13. The van der Waals surface area contributed by atoms with Gasteiger partial charge in [0.25, 0.3) is 0 Å². The van der Waals surface area contributed by atoms with Crippen molar-refractivity contribution in [2.24, 2.45) is 5.73 Å². The molecule has 0 aliphatic heterocycles. The third-order valence-electron chi connectivity index (χ3n) is 4.31. The van der Waals surface area contributed by atoms with E-state index in [1.165, 1.54) is 24.0 Å². The predicted molar refractivity (Wildman–Crippen MR) is 76.5 cm³/mol. The van der Waals surface area contributed by atoms with Gasteiger partial charge in [0.1, 0.15) is 12.4 Å². The van der Waals surface area contributed by atoms with Crippen LogP contribution in [0.4, 0.5) is 0 Å². The van der Waals surface area contributed by atoms with Crippen LogP contribution in [-0.4, -0.2) is 9.55 Å². The number of nitrogens with zero attached hydrogens (tertiary/aromatic N) is 2. The van der Waals surface area contributed by atoms with Crippen LogP contribution in [0.25, 0.3) is 0 Å². The number of hydrogen-bond acceptors (Lipinski definition) is 3. The number of fused-ring (bicyclic) bond motifs is 1. The molecule has 4 rings (SSSR count). The van der Waals surface area contributed by atoms with Crippen molar-refractivity contribution in [2.75, 3.05) is 0 Å². The molecule has 1 aromatic heterocycles. The number of benzene rings is 1. The fourth-order valence-corrected chi connectivity index (χ4v) is 3.00. The first-order chi connectivity index (χ1) is 9.81. The van der Waals surface area contributed by atoms with Gasteiger partial charge in [0.05, 0.1) is 18.2 Å². The van der Waals surface area contributed by atoms with Gasteiger partial charge in [-0.1, -0.05) is 6.07 Å².